The van der Waals surface area contributed by atoms with Crippen LogP contribution in [0.15, 0.2) is 91.0 Å². The maximum atomic E-state index is 12.5. The van der Waals surface area contributed by atoms with Gasteiger partial charge in [-0.2, -0.15) is 0 Å². The smallest absolute Gasteiger partial charge is 0.338 e. The first kappa shape index (κ1) is 19.4. The molecule has 4 aromatic carbocycles. The summed E-state index contributed by atoms with van der Waals surface area (Å²) in [6.07, 6.45) is 0. The number of hydrogen-bond acceptors (Lipinski definition) is 3. The zero-order chi connectivity index (χ0) is 20.9. The largest absolute Gasteiger partial charge is 0.457 e. The molecule has 1 N–H and O–H groups in total. The lowest BCUT2D eigenvalue weighted by molar-refractivity contribution is 0.0472. The summed E-state index contributed by atoms with van der Waals surface area (Å²) < 4.78 is 5.47. The van der Waals surface area contributed by atoms with Crippen LogP contribution in [-0.4, -0.2) is 11.9 Å². The van der Waals surface area contributed by atoms with E-state index in [9.17, 15) is 9.59 Å². The molecule has 0 bridgehead atoms. The standard InChI is InChI=1S/C26H21NO3/c1-18-9-12-21(13-10-18)25(28)27-24-8-4-7-23(16-24)26(29)30-17-19-11-14-20-5-2-3-6-22(20)15-19/h2-16H,17H2,1H3,(H,27,28). The number of hydrogen-bond donors (Lipinski definition) is 1. The molecule has 4 heteroatoms. The van der Waals surface area contributed by atoms with Crippen molar-refractivity contribution in [3.8, 4) is 0 Å². The van der Waals surface area contributed by atoms with Gasteiger partial charge in [0.1, 0.15) is 6.61 Å². The number of carbonyl (C=O) groups excluding carboxylic acids is 2. The van der Waals surface area contributed by atoms with Gasteiger partial charge in [0.15, 0.2) is 0 Å². The minimum absolute atomic E-state index is 0.184. The molecule has 0 aliphatic carbocycles. The van der Waals surface area contributed by atoms with Crippen molar-refractivity contribution >= 4 is 28.3 Å². The van der Waals surface area contributed by atoms with Crippen LogP contribution in [0.5, 0.6) is 0 Å². The van der Waals surface area contributed by atoms with Gasteiger partial charge in [0.2, 0.25) is 0 Å². The van der Waals surface area contributed by atoms with Gasteiger partial charge in [-0.1, -0.05) is 60.2 Å². The Labute approximate surface area is 175 Å². The number of fused-ring (bicyclic) bond motifs is 1. The number of esters is 1. The predicted octanol–water partition coefficient (Wildman–Crippen LogP) is 5.76. The minimum atomic E-state index is -0.436. The van der Waals surface area contributed by atoms with E-state index in [4.69, 9.17) is 4.74 Å². The zero-order valence-electron chi connectivity index (χ0n) is 16.6. The van der Waals surface area contributed by atoms with E-state index in [0.717, 1.165) is 21.9 Å². The molecule has 0 spiro atoms. The van der Waals surface area contributed by atoms with Crippen LogP contribution in [0.2, 0.25) is 0 Å². The number of carbonyl (C=O) groups is 2. The van der Waals surface area contributed by atoms with Gasteiger partial charge in [0.05, 0.1) is 5.56 Å². The molecule has 0 aliphatic heterocycles. The van der Waals surface area contributed by atoms with Crippen molar-refractivity contribution in [3.63, 3.8) is 0 Å². The fraction of sp³-hybridized carbons (Fsp3) is 0.0769. The minimum Gasteiger partial charge on any atom is -0.457 e. The highest BCUT2D eigenvalue weighted by Crippen LogP contribution is 2.18. The molecule has 0 heterocycles. The van der Waals surface area contributed by atoms with Crippen molar-refractivity contribution in [1.82, 2.24) is 0 Å². The van der Waals surface area contributed by atoms with E-state index in [1.807, 2.05) is 61.5 Å². The van der Waals surface area contributed by atoms with Crippen molar-refractivity contribution in [2.24, 2.45) is 0 Å². The molecule has 0 aliphatic rings. The van der Waals surface area contributed by atoms with E-state index >= 15 is 0 Å². The Bertz CT molecular complexity index is 1210. The summed E-state index contributed by atoms with van der Waals surface area (Å²) >= 11 is 0. The van der Waals surface area contributed by atoms with Gasteiger partial charge in [-0.05, 0) is 59.7 Å². The van der Waals surface area contributed by atoms with Crippen LogP contribution in [0.25, 0.3) is 10.8 Å². The number of ether oxygens (including phenoxy) is 1. The Morgan fingerprint density at radius 2 is 1.53 bits per heavy atom. The fourth-order valence-corrected chi connectivity index (χ4v) is 3.19. The molecule has 0 saturated carbocycles. The van der Waals surface area contributed by atoms with Gasteiger partial charge >= 0.3 is 5.97 Å². The number of benzene rings is 4. The molecule has 4 nitrogen and oxygen atoms in total. The maximum absolute atomic E-state index is 12.5. The molecule has 0 unspecified atom stereocenters. The topological polar surface area (TPSA) is 55.4 Å². The van der Waals surface area contributed by atoms with Gasteiger partial charge < -0.3 is 10.1 Å². The highest BCUT2D eigenvalue weighted by atomic mass is 16.5. The van der Waals surface area contributed by atoms with Crippen molar-refractivity contribution in [2.45, 2.75) is 13.5 Å². The van der Waals surface area contributed by atoms with E-state index in [-0.39, 0.29) is 12.5 Å². The first-order chi connectivity index (χ1) is 14.6. The van der Waals surface area contributed by atoms with Crippen LogP contribution in [0.1, 0.15) is 31.8 Å². The predicted molar refractivity (Wildman–Crippen MR) is 119 cm³/mol. The quantitative estimate of drug-likeness (QED) is 0.437. The van der Waals surface area contributed by atoms with Crippen molar-refractivity contribution in [3.05, 3.63) is 113 Å². The third kappa shape index (κ3) is 4.55. The molecule has 4 rings (SSSR count). The van der Waals surface area contributed by atoms with Gasteiger partial charge in [0.25, 0.3) is 5.91 Å². The third-order valence-corrected chi connectivity index (χ3v) is 4.85. The van der Waals surface area contributed by atoms with Gasteiger partial charge in [0, 0.05) is 11.3 Å². The van der Waals surface area contributed by atoms with E-state index in [2.05, 4.69) is 5.32 Å². The van der Waals surface area contributed by atoms with Gasteiger partial charge in [-0.15, -0.1) is 0 Å². The monoisotopic (exact) mass is 395 g/mol. The molecule has 4 aromatic rings. The average Bonchev–Trinajstić information content (AvgIpc) is 2.78. The number of rotatable bonds is 5. The lowest BCUT2D eigenvalue weighted by Gasteiger charge is -2.09. The second kappa shape index (κ2) is 8.62. The molecule has 0 fully saturated rings. The molecule has 0 atom stereocenters. The van der Waals surface area contributed by atoms with Gasteiger partial charge in [-0.25, -0.2) is 4.79 Å². The summed E-state index contributed by atoms with van der Waals surface area (Å²) in [6, 6.07) is 28.1. The Kier molecular flexibility index (Phi) is 5.57. The van der Waals surface area contributed by atoms with E-state index in [0.29, 0.717) is 16.8 Å². The first-order valence-electron chi connectivity index (χ1n) is 9.71. The summed E-state index contributed by atoms with van der Waals surface area (Å²) in [4.78, 5) is 24.9. The summed E-state index contributed by atoms with van der Waals surface area (Å²) in [6.45, 7) is 2.15. The van der Waals surface area contributed by atoms with E-state index in [1.165, 1.54) is 0 Å². The summed E-state index contributed by atoms with van der Waals surface area (Å²) in [5.41, 5.74) is 3.50. The normalized spacial score (nSPS) is 10.6. The van der Waals surface area contributed by atoms with Crippen molar-refractivity contribution < 1.29 is 14.3 Å². The van der Waals surface area contributed by atoms with Crippen molar-refractivity contribution in [1.29, 1.82) is 0 Å². The molecule has 0 radical (unpaired) electrons. The van der Waals surface area contributed by atoms with Crippen LogP contribution >= 0.6 is 0 Å². The maximum Gasteiger partial charge on any atom is 0.338 e. The second-order valence-electron chi connectivity index (χ2n) is 7.16. The van der Waals surface area contributed by atoms with Gasteiger partial charge in [-0.3, -0.25) is 4.79 Å². The number of amides is 1. The van der Waals surface area contributed by atoms with Crippen LogP contribution in [0, 0.1) is 6.92 Å². The summed E-state index contributed by atoms with van der Waals surface area (Å²) in [5.74, 6) is -0.661. The fourth-order valence-electron chi connectivity index (χ4n) is 3.19. The number of anilines is 1. The first-order valence-corrected chi connectivity index (χ1v) is 9.71. The third-order valence-electron chi connectivity index (χ3n) is 4.85. The molecule has 0 aromatic heterocycles. The molecular weight excluding hydrogens is 374 g/mol. The lowest BCUT2D eigenvalue weighted by Crippen LogP contribution is -2.12. The highest BCUT2D eigenvalue weighted by Gasteiger charge is 2.11. The second-order valence-corrected chi connectivity index (χ2v) is 7.16. The molecular formula is C26H21NO3. The summed E-state index contributed by atoms with van der Waals surface area (Å²) in [5, 5.41) is 5.07. The van der Waals surface area contributed by atoms with Crippen LogP contribution in [0.3, 0.4) is 0 Å². The molecule has 1 amide bonds. The summed E-state index contributed by atoms with van der Waals surface area (Å²) in [7, 11) is 0. The van der Waals surface area contributed by atoms with E-state index in [1.54, 1.807) is 36.4 Å². The Hall–Kier alpha value is -3.92. The zero-order valence-corrected chi connectivity index (χ0v) is 16.6. The number of aryl methyl sites for hydroxylation is 1. The Morgan fingerprint density at radius 3 is 2.33 bits per heavy atom. The van der Waals surface area contributed by atoms with Crippen LogP contribution < -0.4 is 5.32 Å². The average molecular weight is 395 g/mol. The van der Waals surface area contributed by atoms with E-state index < -0.39 is 5.97 Å². The van der Waals surface area contributed by atoms with Crippen molar-refractivity contribution in [2.75, 3.05) is 5.32 Å². The van der Waals surface area contributed by atoms with Crippen LogP contribution in [0.4, 0.5) is 5.69 Å². The van der Waals surface area contributed by atoms with Crippen LogP contribution in [-0.2, 0) is 11.3 Å². The highest BCUT2D eigenvalue weighted by molar-refractivity contribution is 6.04. The Morgan fingerprint density at radius 1 is 0.767 bits per heavy atom. The SMILES string of the molecule is Cc1ccc(C(=O)Nc2cccc(C(=O)OCc3ccc4ccccc4c3)c2)cc1. The molecule has 0 saturated heterocycles. The lowest BCUT2D eigenvalue weighted by atomic mass is 10.1. The Balaban J connectivity index is 1.41. The molecule has 30 heavy (non-hydrogen) atoms. The molecule has 148 valence electrons. The number of nitrogens with one attached hydrogen (secondary N) is 1.